The van der Waals surface area contributed by atoms with Crippen LogP contribution in [0.15, 0.2) is 78.9 Å². The molecule has 0 radical (unpaired) electrons. The lowest BCUT2D eigenvalue weighted by atomic mass is 9.88. The molecule has 0 fully saturated rings. The van der Waals surface area contributed by atoms with Gasteiger partial charge in [-0.3, -0.25) is 4.90 Å². The van der Waals surface area contributed by atoms with Gasteiger partial charge < -0.3 is 5.11 Å². The smallest absolute Gasteiger partial charge is 0.127 e. The summed E-state index contributed by atoms with van der Waals surface area (Å²) >= 11 is 0. The van der Waals surface area contributed by atoms with E-state index in [2.05, 4.69) is 60.2 Å². The molecule has 3 aromatic rings. The first-order chi connectivity index (χ1) is 13.2. The molecule has 0 atom stereocenters. The van der Waals surface area contributed by atoms with E-state index in [1.165, 1.54) is 5.56 Å². The summed E-state index contributed by atoms with van der Waals surface area (Å²) in [6, 6.07) is 26.6. The second-order valence-corrected chi connectivity index (χ2v) is 7.14. The predicted octanol–water partition coefficient (Wildman–Crippen LogP) is 4.43. The van der Waals surface area contributed by atoms with Gasteiger partial charge in [0.15, 0.2) is 0 Å². The van der Waals surface area contributed by atoms with Gasteiger partial charge in [0.1, 0.15) is 5.60 Å². The van der Waals surface area contributed by atoms with Crippen molar-refractivity contribution in [1.29, 1.82) is 0 Å². The standard InChI is InChI=1S/C25H23NO/c1-26(19-20-11-3-2-4-12-20)18-10-9-17-25(27)23-15-7-5-13-21(23)22-14-6-8-16-24(22)25/h2-8,11-16,27H,17-19H2,1H3. The summed E-state index contributed by atoms with van der Waals surface area (Å²) < 4.78 is 0. The lowest BCUT2D eigenvalue weighted by Crippen LogP contribution is -2.24. The van der Waals surface area contributed by atoms with Gasteiger partial charge in [0, 0.05) is 13.0 Å². The van der Waals surface area contributed by atoms with Crippen LogP contribution in [-0.4, -0.2) is 23.6 Å². The van der Waals surface area contributed by atoms with E-state index >= 15 is 0 Å². The summed E-state index contributed by atoms with van der Waals surface area (Å²) in [6.45, 7) is 1.54. The zero-order valence-corrected chi connectivity index (χ0v) is 15.5. The van der Waals surface area contributed by atoms with Crippen LogP contribution in [0.1, 0.15) is 23.1 Å². The van der Waals surface area contributed by atoms with Gasteiger partial charge in [-0.1, -0.05) is 90.7 Å². The van der Waals surface area contributed by atoms with Crippen molar-refractivity contribution < 1.29 is 5.11 Å². The van der Waals surface area contributed by atoms with E-state index in [1.807, 2.05) is 42.5 Å². The summed E-state index contributed by atoms with van der Waals surface area (Å²) in [4.78, 5) is 2.18. The monoisotopic (exact) mass is 353 g/mol. The average Bonchev–Trinajstić information content (AvgIpc) is 2.96. The highest BCUT2D eigenvalue weighted by Gasteiger charge is 2.40. The Morgan fingerprint density at radius 3 is 1.96 bits per heavy atom. The molecule has 0 bridgehead atoms. The Balaban J connectivity index is 1.49. The van der Waals surface area contributed by atoms with E-state index in [-0.39, 0.29) is 0 Å². The van der Waals surface area contributed by atoms with E-state index in [4.69, 9.17) is 0 Å². The van der Waals surface area contributed by atoms with Crippen LogP contribution < -0.4 is 0 Å². The molecule has 0 aliphatic heterocycles. The third kappa shape index (κ3) is 3.40. The minimum atomic E-state index is -1.03. The van der Waals surface area contributed by atoms with E-state index in [9.17, 15) is 5.11 Å². The molecule has 1 N–H and O–H groups in total. The zero-order valence-electron chi connectivity index (χ0n) is 15.5. The van der Waals surface area contributed by atoms with Crippen LogP contribution in [0.4, 0.5) is 0 Å². The third-order valence-electron chi connectivity index (χ3n) is 5.15. The number of hydrogen-bond acceptors (Lipinski definition) is 2. The molecule has 1 aliphatic rings. The first-order valence-electron chi connectivity index (χ1n) is 9.28. The highest BCUT2D eigenvalue weighted by Crippen LogP contribution is 2.48. The van der Waals surface area contributed by atoms with Crippen molar-refractivity contribution in [3.8, 4) is 23.0 Å². The highest BCUT2D eigenvalue weighted by molar-refractivity contribution is 5.80. The molecule has 0 heterocycles. The number of benzene rings is 3. The molecule has 27 heavy (non-hydrogen) atoms. The normalized spacial score (nSPS) is 13.6. The minimum absolute atomic E-state index is 0.403. The number of rotatable bonds is 4. The summed E-state index contributed by atoms with van der Waals surface area (Å²) in [7, 11) is 2.07. The molecule has 2 heteroatoms. The first-order valence-corrected chi connectivity index (χ1v) is 9.28. The van der Waals surface area contributed by atoms with E-state index < -0.39 is 5.60 Å². The first kappa shape index (κ1) is 17.5. The van der Waals surface area contributed by atoms with Gasteiger partial charge >= 0.3 is 0 Å². The summed E-state index contributed by atoms with van der Waals surface area (Å²) in [5.41, 5.74) is 4.38. The molecule has 3 aromatic carbocycles. The fourth-order valence-corrected chi connectivity index (χ4v) is 3.83. The summed E-state index contributed by atoms with van der Waals surface area (Å²) in [5.74, 6) is 6.46. The molecule has 4 rings (SSSR count). The molecule has 0 amide bonds. The molecule has 0 saturated carbocycles. The zero-order chi connectivity index (χ0) is 18.7. The molecule has 2 nitrogen and oxygen atoms in total. The summed E-state index contributed by atoms with van der Waals surface area (Å²) in [5, 5.41) is 11.5. The van der Waals surface area contributed by atoms with E-state index in [0.29, 0.717) is 13.0 Å². The molecular weight excluding hydrogens is 330 g/mol. The fourth-order valence-electron chi connectivity index (χ4n) is 3.83. The number of aliphatic hydroxyl groups is 1. The van der Waals surface area contributed by atoms with Crippen LogP contribution in [0.3, 0.4) is 0 Å². The van der Waals surface area contributed by atoms with Crippen LogP contribution in [0, 0.1) is 11.8 Å². The molecule has 134 valence electrons. The Hall–Kier alpha value is -2.86. The van der Waals surface area contributed by atoms with Crippen molar-refractivity contribution in [2.45, 2.75) is 18.6 Å². The maximum absolute atomic E-state index is 11.5. The predicted molar refractivity (Wildman–Crippen MR) is 110 cm³/mol. The summed E-state index contributed by atoms with van der Waals surface area (Å²) in [6.07, 6.45) is 0.403. The van der Waals surface area contributed by atoms with Gasteiger partial charge in [-0.15, -0.1) is 0 Å². The molecule has 0 saturated heterocycles. The van der Waals surface area contributed by atoms with Gasteiger partial charge in [0.2, 0.25) is 0 Å². The maximum Gasteiger partial charge on any atom is 0.127 e. The Morgan fingerprint density at radius 2 is 1.33 bits per heavy atom. The van der Waals surface area contributed by atoms with Gasteiger partial charge in [-0.2, -0.15) is 0 Å². The molecule has 0 aromatic heterocycles. The quantitative estimate of drug-likeness (QED) is 0.702. The topological polar surface area (TPSA) is 23.5 Å². The van der Waals surface area contributed by atoms with Crippen LogP contribution >= 0.6 is 0 Å². The van der Waals surface area contributed by atoms with E-state index in [0.717, 1.165) is 28.8 Å². The Bertz CT molecular complexity index is 952. The Kier molecular flexibility index (Phi) is 4.81. The minimum Gasteiger partial charge on any atom is -0.379 e. The second kappa shape index (κ2) is 7.40. The Morgan fingerprint density at radius 1 is 0.778 bits per heavy atom. The van der Waals surface area contributed by atoms with Crippen LogP contribution in [0.5, 0.6) is 0 Å². The van der Waals surface area contributed by atoms with Crippen molar-refractivity contribution in [1.82, 2.24) is 4.90 Å². The van der Waals surface area contributed by atoms with Gasteiger partial charge in [-0.25, -0.2) is 0 Å². The van der Waals surface area contributed by atoms with Crippen molar-refractivity contribution in [2.24, 2.45) is 0 Å². The fraction of sp³-hybridized carbons (Fsp3) is 0.200. The lowest BCUT2D eigenvalue weighted by Gasteiger charge is -2.23. The van der Waals surface area contributed by atoms with Gasteiger partial charge in [0.05, 0.1) is 6.54 Å². The highest BCUT2D eigenvalue weighted by atomic mass is 16.3. The van der Waals surface area contributed by atoms with Gasteiger partial charge in [-0.05, 0) is 34.9 Å². The molecular formula is C25H23NO. The van der Waals surface area contributed by atoms with Crippen LogP contribution in [0.25, 0.3) is 11.1 Å². The van der Waals surface area contributed by atoms with Crippen molar-refractivity contribution >= 4 is 0 Å². The van der Waals surface area contributed by atoms with Crippen molar-refractivity contribution in [3.05, 3.63) is 95.6 Å². The molecule has 0 spiro atoms. The third-order valence-corrected chi connectivity index (χ3v) is 5.15. The Labute approximate surface area is 161 Å². The molecule has 0 unspecified atom stereocenters. The largest absolute Gasteiger partial charge is 0.379 e. The van der Waals surface area contributed by atoms with E-state index in [1.54, 1.807) is 0 Å². The molecule has 1 aliphatic carbocycles. The number of hydrogen-bond donors (Lipinski definition) is 1. The van der Waals surface area contributed by atoms with Gasteiger partial charge in [0.25, 0.3) is 0 Å². The maximum atomic E-state index is 11.5. The number of nitrogens with zero attached hydrogens (tertiary/aromatic N) is 1. The van der Waals surface area contributed by atoms with Crippen molar-refractivity contribution in [3.63, 3.8) is 0 Å². The second-order valence-electron chi connectivity index (χ2n) is 7.14. The van der Waals surface area contributed by atoms with Crippen LogP contribution in [-0.2, 0) is 12.1 Å². The van der Waals surface area contributed by atoms with Crippen LogP contribution in [0.2, 0.25) is 0 Å². The number of fused-ring (bicyclic) bond motifs is 3. The van der Waals surface area contributed by atoms with Crippen molar-refractivity contribution in [2.75, 3.05) is 13.6 Å². The lowest BCUT2D eigenvalue weighted by molar-refractivity contribution is 0.0914. The average molecular weight is 353 g/mol. The SMILES string of the molecule is CN(CC#CCC1(O)c2ccccc2-c2ccccc21)Cc1ccccc1.